The van der Waals surface area contributed by atoms with Gasteiger partial charge in [0.1, 0.15) is 36.3 Å². The molecule has 0 saturated heterocycles. The Labute approximate surface area is 251 Å². The predicted molar refractivity (Wildman–Crippen MR) is 148 cm³/mol. The van der Waals surface area contributed by atoms with E-state index in [4.69, 9.17) is 23.6 Å². The zero-order valence-electron chi connectivity index (χ0n) is 22.2. The summed E-state index contributed by atoms with van der Waals surface area (Å²) >= 11 is 0. The van der Waals surface area contributed by atoms with E-state index in [9.17, 15) is 9.18 Å². The topological polar surface area (TPSA) is 87.8 Å². The number of hydrogen-bond donors (Lipinski definition) is 1. The smallest absolute Gasteiger partial charge is 0.303 e. The maximum Gasteiger partial charge on any atom is 0.303 e. The third kappa shape index (κ3) is 4.54. The van der Waals surface area contributed by atoms with Crippen molar-refractivity contribution < 1.29 is 27.8 Å². The maximum absolute atomic E-state index is 14.4. The Bertz CT molecular complexity index is 1760. The molecule has 0 spiro atoms. The molecule has 7 rings (SSSR count). The van der Waals surface area contributed by atoms with Crippen LogP contribution in [-0.2, 0) is 9.53 Å². The number of carbonyl (C=O) groups is 1. The third-order valence-corrected chi connectivity index (χ3v) is 7.01. The molecule has 2 aliphatic rings. The number of aryl methyl sites for hydroxylation is 1. The zero-order chi connectivity index (χ0) is 26.7. The van der Waals surface area contributed by atoms with Crippen LogP contribution in [-0.4, -0.2) is 58.3 Å². The van der Waals surface area contributed by atoms with Crippen LogP contribution in [0.2, 0.25) is 0 Å². The minimum atomic E-state index is -0.397. The van der Waals surface area contributed by atoms with Crippen LogP contribution in [0.3, 0.4) is 0 Å². The molecule has 1 radical (unpaired) electrons. The van der Waals surface area contributed by atoms with Crippen LogP contribution < -0.4 is 14.8 Å². The van der Waals surface area contributed by atoms with Crippen molar-refractivity contribution >= 4 is 52.2 Å². The third-order valence-electron chi connectivity index (χ3n) is 7.01. The van der Waals surface area contributed by atoms with Gasteiger partial charge in [-0.15, -0.1) is 0 Å². The molecule has 0 bridgehead atoms. The number of para-hydroxylation sites is 1. The summed E-state index contributed by atoms with van der Waals surface area (Å²) in [6.07, 6.45) is -0.397. The van der Waals surface area contributed by atoms with Crippen molar-refractivity contribution in [3.8, 4) is 28.8 Å². The molecule has 0 amide bonds. The van der Waals surface area contributed by atoms with Crippen molar-refractivity contribution in [2.45, 2.75) is 26.0 Å². The second-order valence-electron chi connectivity index (χ2n) is 9.68. The molecule has 10 heteroatoms. The number of imidazole rings is 1. The number of esters is 1. The van der Waals surface area contributed by atoms with Crippen LogP contribution >= 0.6 is 0 Å². The van der Waals surface area contributed by atoms with Gasteiger partial charge in [-0.25, -0.2) is 9.37 Å². The molecule has 0 saturated carbocycles. The Hall–Kier alpha value is -3.79. The summed E-state index contributed by atoms with van der Waals surface area (Å²) in [6.45, 7) is 3.96. The maximum atomic E-state index is 14.4. The van der Waals surface area contributed by atoms with Gasteiger partial charge in [0.2, 0.25) is 0 Å². The van der Waals surface area contributed by atoms with E-state index < -0.39 is 6.10 Å². The summed E-state index contributed by atoms with van der Waals surface area (Å²) in [4.78, 5) is 16.2. The first kappa shape index (κ1) is 26.4. The number of carbonyl (C=O) groups excluding carboxylic acids is 1. The van der Waals surface area contributed by atoms with Crippen molar-refractivity contribution in [1.29, 1.82) is 0 Å². The van der Waals surface area contributed by atoms with E-state index in [0.29, 0.717) is 47.3 Å². The summed E-state index contributed by atoms with van der Waals surface area (Å²) in [5, 5.41) is 3.53. The van der Waals surface area contributed by atoms with Gasteiger partial charge in [-0.3, -0.25) is 9.36 Å². The zero-order valence-corrected chi connectivity index (χ0v) is 24.2. The van der Waals surface area contributed by atoms with Gasteiger partial charge in [0.25, 0.3) is 0 Å². The van der Waals surface area contributed by atoms with Gasteiger partial charge >= 0.3 is 5.97 Å². The molecule has 2 aliphatic heterocycles. The van der Waals surface area contributed by atoms with Crippen molar-refractivity contribution in [3.05, 3.63) is 89.4 Å². The van der Waals surface area contributed by atoms with E-state index >= 15 is 0 Å². The molecule has 3 aromatic carbocycles. The van der Waals surface area contributed by atoms with Gasteiger partial charge in [-0.05, 0) is 49.4 Å². The number of furan rings is 1. The summed E-state index contributed by atoms with van der Waals surface area (Å²) < 4.78 is 39.5. The van der Waals surface area contributed by atoms with Crippen LogP contribution in [0.5, 0.6) is 11.5 Å². The largest absolute Gasteiger partial charge is 0.489 e. The van der Waals surface area contributed by atoms with Gasteiger partial charge in [0, 0.05) is 65.4 Å². The molecular weight excluding hydrogens is 524 g/mol. The monoisotopic (exact) mass is 548 g/mol. The average Bonchev–Trinajstić information content (AvgIpc) is 3.69. The minimum Gasteiger partial charge on any atom is -0.489 e. The molecule has 0 unspecified atom stereocenters. The van der Waals surface area contributed by atoms with Crippen molar-refractivity contribution in [2.24, 2.45) is 0 Å². The molecule has 40 heavy (non-hydrogen) atoms. The molecule has 2 atom stereocenters. The van der Waals surface area contributed by atoms with Crippen molar-refractivity contribution in [1.82, 2.24) is 9.55 Å². The molecule has 0 aliphatic carbocycles. The van der Waals surface area contributed by atoms with Gasteiger partial charge in [0.15, 0.2) is 17.7 Å². The van der Waals surface area contributed by atoms with Gasteiger partial charge in [-0.1, -0.05) is 12.1 Å². The molecule has 4 heterocycles. The van der Waals surface area contributed by atoms with E-state index in [1.807, 2.05) is 60.0 Å². The molecule has 2 aromatic heterocycles. The molecule has 197 valence electrons. The van der Waals surface area contributed by atoms with E-state index in [-0.39, 0.29) is 47.4 Å². The molecular formula is C30H24FN3NaO5. The van der Waals surface area contributed by atoms with E-state index in [1.54, 1.807) is 6.07 Å². The fourth-order valence-electron chi connectivity index (χ4n) is 5.31. The number of ether oxygens (including phenoxy) is 3. The molecule has 0 fully saturated rings. The Morgan fingerprint density at radius 3 is 2.73 bits per heavy atom. The first-order chi connectivity index (χ1) is 18.9. The summed E-state index contributed by atoms with van der Waals surface area (Å²) in [5.41, 5.74) is 4.68. The summed E-state index contributed by atoms with van der Waals surface area (Å²) in [5.74, 6) is 2.59. The molecule has 5 aromatic rings. The first-order valence-corrected chi connectivity index (χ1v) is 12.7. The van der Waals surface area contributed by atoms with E-state index in [0.717, 1.165) is 28.3 Å². The molecule has 1 N–H and O–H groups in total. The van der Waals surface area contributed by atoms with Crippen molar-refractivity contribution in [3.63, 3.8) is 0 Å². The van der Waals surface area contributed by atoms with Gasteiger partial charge in [0.05, 0.1) is 22.8 Å². The number of fused-ring (bicyclic) bond motifs is 3. The predicted octanol–water partition coefficient (Wildman–Crippen LogP) is 5.89. The van der Waals surface area contributed by atoms with Crippen LogP contribution in [0.1, 0.15) is 36.0 Å². The number of rotatable bonds is 5. The van der Waals surface area contributed by atoms with Crippen molar-refractivity contribution in [2.75, 3.05) is 18.5 Å². The number of anilines is 1. The van der Waals surface area contributed by atoms with Gasteiger partial charge in [-0.2, -0.15) is 0 Å². The Kier molecular flexibility index (Phi) is 6.82. The second-order valence-corrected chi connectivity index (χ2v) is 9.68. The number of nitrogens with one attached hydrogen (secondary N) is 1. The van der Waals surface area contributed by atoms with E-state index in [1.165, 1.54) is 19.1 Å². The quantitative estimate of drug-likeness (QED) is 0.216. The Balaban J connectivity index is 0.00000289. The second kappa shape index (κ2) is 10.3. The number of aromatic nitrogens is 2. The number of halogens is 1. The fraction of sp³-hybridized carbons (Fsp3) is 0.200. The fourth-order valence-corrected chi connectivity index (χ4v) is 5.31. The average molecular weight is 549 g/mol. The van der Waals surface area contributed by atoms with Crippen LogP contribution in [0.25, 0.3) is 28.3 Å². The minimum absolute atomic E-state index is 0. The van der Waals surface area contributed by atoms with Crippen LogP contribution in [0, 0.1) is 12.7 Å². The standard InChI is InChI=1S/C30H24FN3O5.Na/c1-16-6-11-26(38-16)30-33-22-10-7-18(31)12-25(22)34(30)24-5-3-4-20-23(14-37-29(20)24)32-19-8-9-21-27(13-19)36-15-28(21)39-17(2)35;/h3-13,23,28,32H,14-15H2,1-2H3;/t23-,28-;/m1./s1. The van der Waals surface area contributed by atoms with E-state index in [2.05, 4.69) is 5.32 Å². The SMILES string of the molecule is CC(=O)O[C@@H]1COc2cc(N[C@@H]3COc4c3cccc4-n3c(-c4ccc(C)o4)nc4ccc(F)cc43)ccc21.[Na]. The summed E-state index contributed by atoms with van der Waals surface area (Å²) in [6, 6.07) is 19.8. The number of hydrogen-bond acceptors (Lipinski definition) is 7. The van der Waals surface area contributed by atoms with Gasteiger partial charge < -0.3 is 23.9 Å². The Morgan fingerprint density at radius 1 is 1.05 bits per heavy atom. The summed E-state index contributed by atoms with van der Waals surface area (Å²) in [7, 11) is 0. The number of nitrogens with zero attached hydrogens (tertiary/aromatic N) is 2. The molecule has 8 nitrogen and oxygen atoms in total. The first-order valence-electron chi connectivity index (χ1n) is 12.7. The number of benzene rings is 3. The normalized spacial score (nSPS) is 17.0. The Morgan fingerprint density at radius 2 is 1.93 bits per heavy atom. The van der Waals surface area contributed by atoms with Crippen LogP contribution in [0.4, 0.5) is 10.1 Å². The van der Waals surface area contributed by atoms with Crippen LogP contribution in [0.15, 0.2) is 71.1 Å².